The lowest BCUT2D eigenvalue weighted by Crippen LogP contribution is -2.29. The molecule has 1 rings (SSSR count). The van der Waals surface area contributed by atoms with Crippen LogP contribution in [0.2, 0.25) is 0 Å². The lowest BCUT2D eigenvalue weighted by atomic mass is 10.4. The van der Waals surface area contributed by atoms with E-state index in [1.165, 1.54) is 0 Å². The summed E-state index contributed by atoms with van der Waals surface area (Å²) >= 11 is 4.96. The van der Waals surface area contributed by atoms with Crippen LogP contribution < -0.4 is 0 Å². The lowest BCUT2D eigenvalue weighted by molar-refractivity contribution is -0.127. The van der Waals surface area contributed by atoms with Gasteiger partial charge in [0.1, 0.15) is 0 Å². The lowest BCUT2D eigenvalue weighted by Gasteiger charge is -2.16. The van der Waals surface area contributed by atoms with Crippen molar-refractivity contribution in [2.75, 3.05) is 14.1 Å². The second-order valence-corrected chi connectivity index (χ2v) is 5.78. The molecular weight excluding hydrogens is 274 g/mol. The molecule has 0 heterocycles. The van der Waals surface area contributed by atoms with E-state index in [4.69, 9.17) is 0 Å². The van der Waals surface area contributed by atoms with Gasteiger partial charge in [-0.2, -0.15) is 0 Å². The molecule has 2 nitrogen and oxygen atoms in total. The van der Waals surface area contributed by atoms with Crippen molar-refractivity contribution in [3.8, 4) is 0 Å². The minimum Gasteiger partial charge on any atom is -0.348 e. The van der Waals surface area contributed by atoms with Crippen molar-refractivity contribution in [1.82, 2.24) is 4.90 Å². The van der Waals surface area contributed by atoms with Crippen molar-refractivity contribution in [3.63, 3.8) is 0 Å². The molecule has 82 valence electrons. The number of hydrogen-bond donors (Lipinski definition) is 0. The van der Waals surface area contributed by atoms with E-state index < -0.39 is 0 Å². The Morgan fingerprint density at radius 3 is 2.33 bits per heavy atom. The molecule has 0 spiro atoms. The van der Waals surface area contributed by atoms with E-state index in [1.54, 1.807) is 30.8 Å². The summed E-state index contributed by atoms with van der Waals surface area (Å²) in [6.45, 7) is 1.93. The monoisotopic (exact) mass is 287 g/mol. The smallest absolute Gasteiger partial charge is 0.235 e. The van der Waals surface area contributed by atoms with Gasteiger partial charge in [-0.3, -0.25) is 4.79 Å². The van der Waals surface area contributed by atoms with Gasteiger partial charge >= 0.3 is 0 Å². The summed E-state index contributed by atoms with van der Waals surface area (Å²) in [6.07, 6.45) is 0. The van der Waals surface area contributed by atoms with Crippen LogP contribution >= 0.6 is 27.7 Å². The Kier molecular flexibility index (Phi) is 4.67. The molecule has 0 saturated heterocycles. The maximum atomic E-state index is 11.6. The van der Waals surface area contributed by atoms with Gasteiger partial charge in [0.2, 0.25) is 5.91 Å². The Morgan fingerprint density at radius 1 is 1.33 bits per heavy atom. The number of halogens is 1. The van der Waals surface area contributed by atoms with Crippen LogP contribution in [0.5, 0.6) is 0 Å². The van der Waals surface area contributed by atoms with Crippen LogP contribution in [0.4, 0.5) is 0 Å². The maximum absolute atomic E-state index is 11.6. The summed E-state index contributed by atoms with van der Waals surface area (Å²) < 4.78 is 1.05. The third-order valence-corrected chi connectivity index (χ3v) is 3.54. The van der Waals surface area contributed by atoms with Crippen LogP contribution in [0.25, 0.3) is 0 Å². The van der Waals surface area contributed by atoms with Gasteiger partial charge in [-0.05, 0) is 31.2 Å². The molecule has 1 unspecified atom stereocenters. The number of rotatable bonds is 3. The zero-order valence-electron chi connectivity index (χ0n) is 9.03. The second-order valence-electron chi connectivity index (χ2n) is 3.45. The molecule has 0 bridgehead atoms. The molecule has 0 saturated carbocycles. The van der Waals surface area contributed by atoms with Gasteiger partial charge in [-0.15, -0.1) is 11.8 Å². The number of nitrogens with zero attached hydrogens (tertiary/aromatic N) is 1. The molecule has 0 radical (unpaired) electrons. The van der Waals surface area contributed by atoms with Crippen molar-refractivity contribution < 1.29 is 4.79 Å². The standard InChI is InChI=1S/C11H14BrNOS/c1-8(11(14)13(2)3)15-10-6-4-9(12)5-7-10/h4-8H,1-3H3. The molecule has 1 aromatic rings. The Hall–Kier alpha value is -0.480. The third kappa shape index (κ3) is 3.87. The molecule has 0 aliphatic heterocycles. The predicted octanol–water partition coefficient (Wildman–Crippen LogP) is 3.02. The fraction of sp³-hybridized carbons (Fsp3) is 0.364. The summed E-state index contributed by atoms with van der Waals surface area (Å²) in [4.78, 5) is 14.3. The quantitative estimate of drug-likeness (QED) is 0.797. The van der Waals surface area contributed by atoms with Crippen LogP contribution in [-0.2, 0) is 4.79 Å². The highest BCUT2D eigenvalue weighted by Crippen LogP contribution is 2.25. The van der Waals surface area contributed by atoms with Crippen molar-refractivity contribution in [3.05, 3.63) is 28.7 Å². The third-order valence-electron chi connectivity index (χ3n) is 1.92. The van der Waals surface area contributed by atoms with E-state index >= 15 is 0 Å². The maximum Gasteiger partial charge on any atom is 0.235 e. The first-order valence-electron chi connectivity index (χ1n) is 4.64. The summed E-state index contributed by atoms with van der Waals surface area (Å²) in [5.41, 5.74) is 0. The molecule has 0 aliphatic rings. The first-order chi connectivity index (χ1) is 7.00. The van der Waals surface area contributed by atoms with E-state index in [2.05, 4.69) is 15.9 Å². The van der Waals surface area contributed by atoms with Gasteiger partial charge in [-0.1, -0.05) is 15.9 Å². The number of thioether (sulfide) groups is 1. The van der Waals surface area contributed by atoms with Crippen molar-refractivity contribution in [2.24, 2.45) is 0 Å². The van der Waals surface area contributed by atoms with Gasteiger partial charge in [0.05, 0.1) is 5.25 Å². The molecule has 1 atom stereocenters. The minimum absolute atomic E-state index is 0.0406. The zero-order chi connectivity index (χ0) is 11.4. The zero-order valence-corrected chi connectivity index (χ0v) is 11.4. The number of carbonyl (C=O) groups is 1. The molecule has 4 heteroatoms. The van der Waals surface area contributed by atoms with Crippen LogP contribution in [0, 0.1) is 0 Å². The summed E-state index contributed by atoms with van der Waals surface area (Å²) in [6, 6.07) is 7.98. The van der Waals surface area contributed by atoms with Crippen LogP contribution in [0.1, 0.15) is 6.92 Å². The Bertz CT molecular complexity index is 337. The first-order valence-corrected chi connectivity index (χ1v) is 6.31. The van der Waals surface area contributed by atoms with Crippen molar-refractivity contribution in [2.45, 2.75) is 17.1 Å². The molecule has 0 aliphatic carbocycles. The number of carbonyl (C=O) groups excluding carboxylic acids is 1. The average Bonchev–Trinajstić information content (AvgIpc) is 2.20. The number of amides is 1. The Balaban J connectivity index is 2.62. The summed E-state index contributed by atoms with van der Waals surface area (Å²) in [5.74, 6) is 0.142. The first kappa shape index (κ1) is 12.6. The van der Waals surface area contributed by atoms with E-state index in [0.717, 1.165) is 9.37 Å². The van der Waals surface area contributed by atoms with Gasteiger partial charge in [0, 0.05) is 23.5 Å². The van der Waals surface area contributed by atoms with E-state index in [1.807, 2.05) is 31.2 Å². The van der Waals surface area contributed by atoms with E-state index in [9.17, 15) is 4.79 Å². The largest absolute Gasteiger partial charge is 0.348 e. The Labute approximate surface area is 103 Å². The predicted molar refractivity (Wildman–Crippen MR) is 68.2 cm³/mol. The highest BCUT2D eigenvalue weighted by molar-refractivity contribution is 9.10. The summed E-state index contributed by atoms with van der Waals surface area (Å²) in [5, 5.41) is -0.0406. The van der Waals surface area contributed by atoms with Crippen molar-refractivity contribution >= 4 is 33.6 Å². The Morgan fingerprint density at radius 2 is 1.87 bits per heavy atom. The summed E-state index contributed by atoms with van der Waals surface area (Å²) in [7, 11) is 3.56. The molecule has 1 aromatic carbocycles. The highest BCUT2D eigenvalue weighted by Gasteiger charge is 2.15. The number of hydrogen-bond acceptors (Lipinski definition) is 2. The van der Waals surface area contributed by atoms with Gasteiger partial charge in [0.15, 0.2) is 0 Å². The topological polar surface area (TPSA) is 20.3 Å². The minimum atomic E-state index is -0.0406. The van der Waals surface area contributed by atoms with E-state index in [0.29, 0.717) is 0 Å². The fourth-order valence-corrected chi connectivity index (χ4v) is 2.41. The second kappa shape index (κ2) is 5.56. The average molecular weight is 288 g/mol. The van der Waals surface area contributed by atoms with Gasteiger partial charge < -0.3 is 4.90 Å². The van der Waals surface area contributed by atoms with Gasteiger partial charge in [-0.25, -0.2) is 0 Å². The molecular formula is C11H14BrNOS. The molecule has 15 heavy (non-hydrogen) atoms. The molecule has 0 aromatic heterocycles. The highest BCUT2D eigenvalue weighted by atomic mass is 79.9. The van der Waals surface area contributed by atoms with Crippen molar-refractivity contribution in [1.29, 1.82) is 0 Å². The normalized spacial score (nSPS) is 12.3. The molecule has 1 amide bonds. The SMILES string of the molecule is CC(Sc1ccc(Br)cc1)C(=O)N(C)C. The van der Waals surface area contributed by atoms with Crippen LogP contribution in [0.3, 0.4) is 0 Å². The van der Waals surface area contributed by atoms with Crippen LogP contribution in [-0.4, -0.2) is 30.2 Å². The number of benzene rings is 1. The fourth-order valence-electron chi connectivity index (χ4n) is 1.13. The van der Waals surface area contributed by atoms with Gasteiger partial charge in [0.25, 0.3) is 0 Å². The van der Waals surface area contributed by atoms with E-state index in [-0.39, 0.29) is 11.2 Å². The molecule has 0 N–H and O–H groups in total. The van der Waals surface area contributed by atoms with Crippen LogP contribution in [0.15, 0.2) is 33.6 Å². The molecule has 0 fully saturated rings.